The SMILES string of the molecule is CN(CCC(=O)Nc1ccc(C=O)cc1)CCc1cnc([C@H](c2ccccc2)C2CCCCC2)o1. The minimum Gasteiger partial charge on any atom is -0.445 e. The van der Waals surface area contributed by atoms with Gasteiger partial charge in [-0.05, 0) is 55.6 Å². The Morgan fingerprint density at radius 1 is 1.09 bits per heavy atom. The van der Waals surface area contributed by atoms with Gasteiger partial charge in [-0.1, -0.05) is 49.6 Å². The van der Waals surface area contributed by atoms with Gasteiger partial charge in [0.25, 0.3) is 0 Å². The molecule has 1 amide bonds. The molecule has 1 aromatic heterocycles. The Bertz CT molecular complexity index is 1070. The molecule has 1 heterocycles. The quantitative estimate of drug-likeness (QED) is 0.362. The summed E-state index contributed by atoms with van der Waals surface area (Å²) in [6.07, 6.45) is 10.1. The topological polar surface area (TPSA) is 75.4 Å². The number of aromatic nitrogens is 1. The van der Waals surface area contributed by atoms with Crippen molar-refractivity contribution in [2.75, 3.05) is 25.5 Å². The first-order valence-electron chi connectivity index (χ1n) is 12.7. The van der Waals surface area contributed by atoms with Crippen LogP contribution in [-0.2, 0) is 11.2 Å². The van der Waals surface area contributed by atoms with E-state index in [1.807, 2.05) is 13.2 Å². The molecular formula is C29H35N3O3. The lowest BCUT2D eigenvalue weighted by Gasteiger charge is -2.28. The molecule has 1 N–H and O–H groups in total. The molecule has 1 fully saturated rings. The van der Waals surface area contributed by atoms with E-state index < -0.39 is 0 Å². The van der Waals surface area contributed by atoms with Crippen molar-refractivity contribution in [3.05, 3.63) is 83.6 Å². The molecule has 2 aromatic carbocycles. The van der Waals surface area contributed by atoms with Crippen LogP contribution in [0.15, 0.2) is 65.2 Å². The number of carbonyl (C=O) groups excluding carboxylic acids is 2. The molecule has 1 saturated carbocycles. The van der Waals surface area contributed by atoms with Crippen LogP contribution in [0.3, 0.4) is 0 Å². The Morgan fingerprint density at radius 2 is 1.83 bits per heavy atom. The van der Waals surface area contributed by atoms with Gasteiger partial charge in [0.1, 0.15) is 12.0 Å². The lowest BCUT2D eigenvalue weighted by Crippen LogP contribution is -2.26. The van der Waals surface area contributed by atoms with Crippen molar-refractivity contribution in [3.8, 4) is 0 Å². The summed E-state index contributed by atoms with van der Waals surface area (Å²) >= 11 is 0. The van der Waals surface area contributed by atoms with Gasteiger partial charge in [-0.15, -0.1) is 0 Å². The van der Waals surface area contributed by atoms with Crippen LogP contribution in [0.25, 0.3) is 0 Å². The summed E-state index contributed by atoms with van der Waals surface area (Å²) in [7, 11) is 2.01. The van der Waals surface area contributed by atoms with Crippen LogP contribution in [0, 0.1) is 5.92 Å². The highest BCUT2D eigenvalue weighted by molar-refractivity contribution is 5.91. The van der Waals surface area contributed by atoms with Gasteiger partial charge in [0, 0.05) is 37.2 Å². The van der Waals surface area contributed by atoms with E-state index in [0.717, 1.165) is 30.9 Å². The standard InChI is InChI=1S/C29H35N3O3/c1-32(19-17-27(34)31-25-14-12-22(21-33)13-15-25)18-16-26-20-30-29(35-26)28(23-8-4-2-5-9-23)24-10-6-3-7-11-24/h2,4-5,8-9,12-15,20-21,24,28H,3,6-7,10-11,16-19H2,1H3,(H,31,34)/t28-/m1/s1. The molecule has 35 heavy (non-hydrogen) atoms. The maximum atomic E-state index is 12.3. The first-order valence-corrected chi connectivity index (χ1v) is 12.7. The Morgan fingerprint density at radius 3 is 2.54 bits per heavy atom. The number of anilines is 1. The van der Waals surface area contributed by atoms with E-state index >= 15 is 0 Å². The van der Waals surface area contributed by atoms with E-state index in [1.54, 1.807) is 24.3 Å². The van der Waals surface area contributed by atoms with Gasteiger partial charge in [-0.2, -0.15) is 0 Å². The van der Waals surface area contributed by atoms with E-state index in [2.05, 4.69) is 40.5 Å². The van der Waals surface area contributed by atoms with Crippen molar-refractivity contribution in [1.29, 1.82) is 0 Å². The van der Waals surface area contributed by atoms with Crippen LogP contribution in [0.4, 0.5) is 5.69 Å². The van der Waals surface area contributed by atoms with Gasteiger partial charge < -0.3 is 14.6 Å². The van der Waals surface area contributed by atoms with Gasteiger partial charge >= 0.3 is 0 Å². The van der Waals surface area contributed by atoms with Crippen molar-refractivity contribution >= 4 is 17.9 Å². The molecule has 3 aromatic rings. The zero-order valence-electron chi connectivity index (χ0n) is 20.5. The van der Waals surface area contributed by atoms with Gasteiger partial charge in [0.2, 0.25) is 11.8 Å². The number of rotatable bonds is 11. The molecular weight excluding hydrogens is 438 g/mol. The third kappa shape index (κ3) is 7.12. The van der Waals surface area contributed by atoms with E-state index in [0.29, 0.717) is 30.1 Å². The normalized spacial score (nSPS) is 15.1. The fourth-order valence-electron chi connectivity index (χ4n) is 4.90. The first-order chi connectivity index (χ1) is 17.1. The summed E-state index contributed by atoms with van der Waals surface area (Å²) < 4.78 is 6.29. The summed E-state index contributed by atoms with van der Waals surface area (Å²) in [5, 5.41) is 2.87. The number of hydrogen-bond donors (Lipinski definition) is 1. The second kappa shape index (κ2) is 12.5. The number of oxazole rings is 1. The highest BCUT2D eigenvalue weighted by Crippen LogP contribution is 2.40. The van der Waals surface area contributed by atoms with Crippen molar-refractivity contribution in [1.82, 2.24) is 9.88 Å². The number of carbonyl (C=O) groups is 2. The van der Waals surface area contributed by atoms with Crippen LogP contribution in [0.5, 0.6) is 0 Å². The number of nitrogens with one attached hydrogen (secondary N) is 1. The van der Waals surface area contributed by atoms with Crippen molar-refractivity contribution in [2.24, 2.45) is 5.92 Å². The largest absolute Gasteiger partial charge is 0.445 e. The van der Waals surface area contributed by atoms with E-state index in [9.17, 15) is 9.59 Å². The highest BCUT2D eigenvalue weighted by atomic mass is 16.4. The van der Waals surface area contributed by atoms with Crippen molar-refractivity contribution in [2.45, 2.75) is 50.9 Å². The van der Waals surface area contributed by atoms with E-state index in [-0.39, 0.29) is 11.8 Å². The number of nitrogens with zero attached hydrogens (tertiary/aromatic N) is 2. The van der Waals surface area contributed by atoms with Crippen LogP contribution in [-0.4, -0.2) is 42.2 Å². The molecule has 6 heteroatoms. The summed E-state index contributed by atoms with van der Waals surface area (Å²) in [6, 6.07) is 17.5. The Kier molecular flexibility index (Phi) is 8.85. The Balaban J connectivity index is 1.28. The van der Waals surface area contributed by atoms with E-state index in [1.165, 1.54) is 37.7 Å². The average molecular weight is 474 g/mol. The first kappa shape index (κ1) is 24.9. The Labute approximate surface area is 207 Å². The molecule has 0 radical (unpaired) electrons. The summed E-state index contributed by atoms with van der Waals surface area (Å²) in [5.41, 5.74) is 2.58. The number of aldehydes is 1. The molecule has 0 bridgehead atoms. The van der Waals surface area contributed by atoms with Crippen LogP contribution in [0.2, 0.25) is 0 Å². The monoisotopic (exact) mass is 473 g/mol. The number of hydrogen-bond acceptors (Lipinski definition) is 5. The van der Waals surface area contributed by atoms with Gasteiger partial charge in [-0.3, -0.25) is 9.59 Å². The molecule has 0 aliphatic heterocycles. The minimum atomic E-state index is -0.0455. The maximum absolute atomic E-state index is 12.3. The number of benzene rings is 2. The smallest absolute Gasteiger partial charge is 0.225 e. The van der Waals surface area contributed by atoms with Gasteiger partial charge in [0.05, 0.1) is 12.1 Å². The number of likely N-dealkylation sites (N-methyl/N-ethyl adjacent to an activating group) is 1. The molecule has 0 unspecified atom stereocenters. The summed E-state index contributed by atoms with van der Waals surface area (Å²) in [6.45, 7) is 1.43. The lowest BCUT2D eigenvalue weighted by molar-refractivity contribution is -0.116. The fraction of sp³-hybridized carbons (Fsp3) is 0.414. The Hall–Kier alpha value is -3.25. The van der Waals surface area contributed by atoms with Crippen molar-refractivity contribution in [3.63, 3.8) is 0 Å². The molecule has 4 rings (SSSR count). The molecule has 184 valence electrons. The second-order valence-electron chi connectivity index (χ2n) is 9.54. The van der Waals surface area contributed by atoms with Crippen LogP contribution >= 0.6 is 0 Å². The van der Waals surface area contributed by atoms with Gasteiger partial charge in [-0.25, -0.2) is 4.98 Å². The fourth-order valence-corrected chi connectivity index (χ4v) is 4.90. The molecule has 6 nitrogen and oxygen atoms in total. The van der Waals surface area contributed by atoms with Crippen LogP contribution < -0.4 is 5.32 Å². The molecule has 0 spiro atoms. The predicted octanol–water partition coefficient (Wildman–Crippen LogP) is 5.70. The maximum Gasteiger partial charge on any atom is 0.225 e. The summed E-state index contributed by atoms with van der Waals surface area (Å²) in [4.78, 5) is 29.9. The van der Waals surface area contributed by atoms with E-state index in [4.69, 9.17) is 9.40 Å². The molecule has 1 aliphatic rings. The molecule has 1 aliphatic carbocycles. The van der Waals surface area contributed by atoms with Crippen LogP contribution in [0.1, 0.15) is 72.0 Å². The minimum absolute atomic E-state index is 0.0455. The predicted molar refractivity (Wildman–Crippen MR) is 138 cm³/mol. The molecule has 1 atom stereocenters. The third-order valence-corrected chi connectivity index (χ3v) is 6.91. The third-order valence-electron chi connectivity index (χ3n) is 6.91. The average Bonchev–Trinajstić information content (AvgIpc) is 3.36. The number of amides is 1. The second-order valence-corrected chi connectivity index (χ2v) is 9.54. The zero-order valence-corrected chi connectivity index (χ0v) is 20.5. The zero-order chi connectivity index (χ0) is 24.5. The molecule has 0 saturated heterocycles. The van der Waals surface area contributed by atoms with Gasteiger partial charge in [0.15, 0.2) is 0 Å². The lowest BCUT2D eigenvalue weighted by atomic mass is 9.77. The van der Waals surface area contributed by atoms with Crippen molar-refractivity contribution < 1.29 is 14.0 Å². The highest BCUT2D eigenvalue weighted by Gasteiger charge is 2.30. The summed E-state index contributed by atoms with van der Waals surface area (Å²) in [5.74, 6) is 2.47.